The summed E-state index contributed by atoms with van der Waals surface area (Å²) in [6.45, 7) is 4.79. The highest BCUT2D eigenvalue weighted by molar-refractivity contribution is 5.91. The molecule has 0 saturated carbocycles. The van der Waals surface area contributed by atoms with Gasteiger partial charge in [0.15, 0.2) is 5.82 Å². The lowest BCUT2D eigenvalue weighted by Crippen LogP contribution is -2.15. The molecule has 1 aliphatic heterocycles. The van der Waals surface area contributed by atoms with Crippen molar-refractivity contribution in [2.45, 2.75) is 32.7 Å². The molecule has 0 spiro atoms. The number of benzene rings is 1. The van der Waals surface area contributed by atoms with Crippen molar-refractivity contribution in [3.05, 3.63) is 24.3 Å². The molecule has 1 unspecified atom stereocenters. The van der Waals surface area contributed by atoms with E-state index in [-0.39, 0.29) is 5.91 Å². The fraction of sp³-hybridized carbons (Fsp3) is 0.500. The molecule has 0 bridgehead atoms. The summed E-state index contributed by atoms with van der Waals surface area (Å²) in [5.41, 5.74) is 1.68. The first-order chi connectivity index (χ1) is 11.3. The third-order valence-corrected chi connectivity index (χ3v) is 4.18. The summed E-state index contributed by atoms with van der Waals surface area (Å²) in [6, 6.07) is 7.64. The van der Waals surface area contributed by atoms with E-state index in [1.807, 2.05) is 31.2 Å². The molecular formula is C16H22N6O. The molecule has 1 aromatic heterocycles. The van der Waals surface area contributed by atoms with Crippen LogP contribution in [0.2, 0.25) is 0 Å². The van der Waals surface area contributed by atoms with Crippen LogP contribution in [0.25, 0.3) is 11.4 Å². The first-order valence-corrected chi connectivity index (χ1v) is 8.13. The molecular weight excluding hydrogens is 292 g/mol. The van der Waals surface area contributed by atoms with Crippen LogP contribution in [0.3, 0.4) is 0 Å². The normalized spacial score (nSPS) is 17.3. The van der Waals surface area contributed by atoms with Gasteiger partial charge in [0.1, 0.15) is 0 Å². The van der Waals surface area contributed by atoms with E-state index in [1.165, 1.54) is 6.42 Å². The number of anilines is 1. The van der Waals surface area contributed by atoms with Crippen molar-refractivity contribution >= 4 is 11.6 Å². The second-order valence-electron chi connectivity index (χ2n) is 5.84. The summed E-state index contributed by atoms with van der Waals surface area (Å²) in [4.78, 5) is 12.1. The molecule has 1 amide bonds. The zero-order valence-corrected chi connectivity index (χ0v) is 13.3. The van der Waals surface area contributed by atoms with Crippen molar-refractivity contribution in [1.29, 1.82) is 0 Å². The number of nitrogens with one attached hydrogen (secondary N) is 2. The highest BCUT2D eigenvalue weighted by Crippen LogP contribution is 2.21. The molecule has 0 aliphatic carbocycles. The number of carbonyl (C=O) groups excluding carboxylic acids is 1. The van der Waals surface area contributed by atoms with Gasteiger partial charge in [0.25, 0.3) is 0 Å². The van der Waals surface area contributed by atoms with Gasteiger partial charge >= 0.3 is 0 Å². The molecule has 1 fully saturated rings. The Morgan fingerprint density at radius 3 is 3.17 bits per heavy atom. The van der Waals surface area contributed by atoms with Crippen molar-refractivity contribution in [3.63, 3.8) is 0 Å². The summed E-state index contributed by atoms with van der Waals surface area (Å²) in [5.74, 6) is 1.39. The summed E-state index contributed by atoms with van der Waals surface area (Å²) in [7, 11) is 0. The largest absolute Gasteiger partial charge is 0.326 e. The average molecular weight is 314 g/mol. The van der Waals surface area contributed by atoms with Crippen molar-refractivity contribution < 1.29 is 4.79 Å². The Hall–Kier alpha value is -2.28. The molecule has 1 aromatic carbocycles. The standard InChI is InChI=1S/C16H22N6O/c1-2-22-16(19-20-21-22)13-4-3-5-14(10-13)18-15(23)7-6-12-8-9-17-11-12/h3-5,10,12,17H,2,6-9,11H2,1H3,(H,18,23). The molecule has 0 radical (unpaired) electrons. The maximum absolute atomic E-state index is 12.1. The van der Waals surface area contributed by atoms with Gasteiger partial charge in [0, 0.05) is 24.2 Å². The number of hydrogen-bond acceptors (Lipinski definition) is 5. The van der Waals surface area contributed by atoms with Crippen molar-refractivity contribution in [2.24, 2.45) is 5.92 Å². The third kappa shape index (κ3) is 3.92. The molecule has 1 saturated heterocycles. The summed E-state index contributed by atoms with van der Waals surface area (Å²) < 4.78 is 1.73. The number of hydrogen-bond donors (Lipinski definition) is 2. The van der Waals surface area contributed by atoms with Crippen LogP contribution in [0.15, 0.2) is 24.3 Å². The number of aromatic nitrogens is 4. The van der Waals surface area contributed by atoms with E-state index >= 15 is 0 Å². The fourth-order valence-corrected chi connectivity index (χ4v) is 2.88. The summed E-state index contributed by atoms with van der Waals surface area (Å²) >= 11 is 0. The van der Waals surface area contributed by atoms with Gasteiger partial charge in [-0.25, -0.2) is 4.68 Å². The first kappa shape index (κ1) is 15.6. The lowest BCUT2D eigenvalue weighted by atomic mass is 10.0. The monoisotopic (exact) mass is 314 g/mol. The van der Waals surface area contributed by atoms with E-state index in [2.05, 4.69) is 26.2 Å². The molecule has 2 N–H and O–H groups in total. The number of carbonyl (C=O) groups is 1. The van der Waals surface area contributed by atoms with Crippen LogP contribution in [0.5, 0.6) is 0 Å². The lowest BCUT2D eigenvalue weighted by Gasteiger charge is -2.09. The Labute approximate surface area is 135 Å². The highest BCUT2D eigenvalue weighted by atomic mass is 16.1. The van der Waals surface area contributed by atoms with E-state index in [0.717, 1.165) is 30.8 Å². The van der Waals surface area contributed by atoms with E-state index < -0.39 is 0 Å². The first-order valence-electron chi connectivity index (χ1n) is 8.13. The van der Waals surface area contributed by atoms with E-state index in [4.69, 9.17) is 0 Å². The number of aryl methyl sites for hydroxylation is 1. The van der Waals surface area contributed by atoms with Crippen LogP contribution >= 0.6 is 0 Å². The Balaban J connectivity index is 1.62. The minimum atomic E-state index is 0.0594. The van der Waals surface area contributed by atoms with Gasteiger partial charge in [0.2, 0.25) is 5.91 Å². The fourth-order valence-electron chi connectivity index (χ4n) is 2.88. The van der Waals surface area contributed by atoms with Crippen LogP contribution in [-0.2, 0) is 11.3 Å². The Morgan fingerprint density at radius 1 is 1.48 bits per heavy atom. The molecule has 23 heavy (non-hydrogen) atoms. The zero-order chi connectivity index (χ0) is 16.1. The maximum Gasteiger partial charge on any atom is 0.224 e. The number of rotatable bonds is 6. The smallest absolute Gasteiger partial charge is 0.224 e. The van der Waals surface area contributed by atoms with Crippen molar-refractivity contribution in [3.8, 4) is 11.4 Å². The van der Waals surface area contributed by atoms with E-state index in [1.54, 1.807) is 4.68 Å². The van der Waals surface area contributed by atoms with Gasteiger partial charge in [-0.3, -0.25) is 4.79 Å². The van der Waals surface area contributed by atoms with Gasteiger partial charge in [-0.15, -0.1) is 5.10 Å². The molecule has 2 heterocycles. The van der Waals surface area contributed by atoms with Crippen LogP contribution < -0.4 is 10.6 Å². The van der Waals surface area contributed by atoms with Crippen LogP contribution in [0.4, 0.5) is 5.69 Å². The van der Waals surface area contributed by atoms with Crippen LogP contribution in [-0.4, -0.2) is 39.2 Å². The number of amides is 1. The van der Waals surface area contributed by atoms with Gasteiger partial charge in [-0.2, -0.15) is 0 Å². The van der Waals surface area contributed by atoms with Crippen molar-refractivity contribution in [1.82, 2.24) is 25.5 Å². The van der Waals surface area contributed by atoms with Crippen LogP contribution in [0, 0.1) is 5.92 Å². The van der Waals surface area contributed by atoms with Gasteiger partial charge < -0.3 is 10.6 Å². The predicted octanol–water partition coefficient (Wildman–Crippen LogP) is 1.69. The van der Waals surface area contributed by atoms with E-state index in [0.29, 0.717) is 24.7 Å². The maximum atomic E-state index is 12.1. The molecule has 7 heteroatoms. The minimum Gasteiger partial charge on any atom is -0.326 e. The Kier molecular flexibility index (Phi) is 4.97. The quantitative estimate of drug-likeness (QED) is 0.847. The number of nitrogens with zero attached hydrogens (tertiary/aromatic N) is 4. The molecule has 3 rings (SSSR count). The topological polar surface area (TPSA) is 84.7 Å². The SMILES string of the molecule is CCn1nnnc1-c1cccc(NC(=O)CCC2CCNC2)c1. The number of tetrazole rings is 1. The second-order valence-corrected chi connectivity index (χ2v) is 5.84. The zero-order valence-electron chi connectivity index (χ0n) is 13.3. The average Bonchev–Trinajstić information content (AvgIpc) is 3.24. The summed E-state index contributed by atoms with van der Waals surface area (Å²) in [6.07, 6.45) is 2.66. The third-order valence-electron chi connectivity index (χ3n) is 4.18. The minimum absolute atomic E-state index is 0.0594. The lowest BCUT2D eigenvalue weighted by molar-refractivity contribution is -0.116. The van der Waals surface area contributed by atoms with Gasteiger partial charge in [0.05, 0.1) is 0 Å². The van der Waals surface area contributed by atoms with Crippen LogP contribution in [0.1, 0.15) is 26.2 Å². The second kappa shape index (κ2) is 7.32. The Bertz CT molecular complexity index is 662. The molecule has 7 nitrogen and oxygen atoms in total. The predicted molar refractivity (Wildman–Crippen MR) is 87.8 cm³/mol. The van der Waals surface area contributed by atoms with Gasteiger partial charge in [-0.1, -0.05) is 12.1 Å². The Morgan fingerprint density at radius 2 is 2.39 bits per heavy atom. The highest BCUT2D eigenvalue weighted by Gasteiger charge is 2.16. The van der Waals surface area contributed by atoms with E-state index in [9.17, 15) is 4.79 Å². The summed E-state index contributed by atoms with van der Waals surface area (Å²) in [5, 5.41) is 18.0. The molecule has 1 atom stereocenters. The van der Waals surface area contributed by atoms with Gasteiger partial charge in [-0.05, 0) is 61.3 Å². The molecule has 1 aliphatic rings. The molecule has 2 aromatic rings. The molecule has 122 valence electrons. The van der Waals surface area contributed by atoms with Crippen molar-refractivity contribution in [2.75, 3.05) is 18.4 Å².